The Balaban J connectivity index is 0.000000267. The van der Waals surface area contributed by atoms with Crippen LogP contribution < -0.4 is 24.6 Å². The maximum atomic E-state index is 7.57. The van der Waals surface area contributed by atoms with Crippen molar-refractivity contribution in [3.8, 4) is 22.3 Å². The molecule has 2 aliphatic heterocycles. The average molecular weight is 581 g/mol. The van der Waals surface area contributed by atoms with Crippen molar-refractivity contribution in [2.45, 2.75) is 36.6 Å². The van der Waals surface area contributed by atoms with Gasteiger partial charge in [0.2, 0.25) is 0 Å². The van der Waals surface area contributed by atoms with Gasteiger partial charge in [-0.1, -0.05) is 60.7 Å². The van der Waals surface area contributed by atoms with E-state index >= 15 is 0 Å². The molecule has 0 amide bonds. The fourth-order valence-corrected chi connectivity index (χ4v) is 7.51. The van der Waals surface area contributed by atoms with Crippen LogP contribution in [0.3, 0.4) is 0 Å². The molecule has 40 heavy (non-hydrogen) atoms. The predicted molar refractivity (Wildman–Crippen MR) is 170 cm³/mol. The third-order valence-electron chi connectivity index (χ3n) is 7.77. The third-order valence-corrected chi connectivity index (χ3v) is 10.1. The molecule has 2 saturated heterocycles. The van der Waals surface area contributed by atoms with Crippen LogP contribution in [0, 0.1) is 6.57 Å². The van der Waals surface area contributed by atoms with Crippen molar-refractivity contribution in [2.24, 2.45) is 5.73 Å². The summed E-state index contributed by atoms with van der Waals surface area (Å²) in [5.74, 6) is 0. The van der Waals surface area contributed by atoms with Crippen LogP contribution >= 0.6 is 22.7 Å². The molecule has 6 rings (SSSR count). The molecule has 2 fully saturated rings. The van der Waals surface area contributed by atoms with Gasteiger partial charge in [0.25, 0.3) is 5.54 Å². The van der Waals surface area contributed by atoms with Gasteiger partial charge < -0.3 is 21.5 Å². The number of rotatable bonds is 5. The fraction of sp³-hybridized carbons (Fsp3) is 0.344. The van der Waals surface area contributed by atoms with Crippen molar-refractivity contribution in [3.05, 3.63) is 105 Å². The molecule has 4 aromatic rings. The zero-order valence-corrected chi connectivity index (χ0v) is 24.2. The van der Waals surface area contributed by atoms with E-state index in [4.69, 9.17) is 21.8 Å². The first-order valence-corrected chi connectivity index (χ1v) is 15.0. The standard InChI is InChI=1S/C16H15NOS.C16H19NOS.Al.Li.4H/c1-17-16(7-9-18-10-8-16)15-11-14(12-19-15)13-5-3-2-4-6-13;17-12-16(6-8-18-9-7-16)15-10-14(11-19-15)13-4-2-1-3-5-13;;;;;;/h2-6,11-12H,7-10H2;1-5,10-11H,6-9,12,17H2;;;;;;/q;;;+1;;;;-1. The number of nitrogens with zero attached hydrogens (tertiary/aromatic N) is 1. The van der Waals surface area contributed by atoms with Gasteiger partial charge in [0.1, 0.15) is 0 Å². The minimum atomic E-state index is -0.351. The molecule has 2 aromatic heterocycles. The minimum absolute atomic E-state index is 0. The smallest absolute Gasteiger partial charge is 1.00 e. The summed E-state index contributed by atoms with van der Waals surface area (Å²) in [7, 11) is 0. The van der Waals surface area contributed by atoms with Crippen LogP contribution in [0.1, 0.15) is 36.9 Å². The van der Waals surface area contributed by atoms with Crippen molar-refractivity contribution in [1.82, 2.24) is 0 Å². The van der Waals surface area contributed by atoms with Crippen molar-refractivity contribution in [3.63, 3.8) is 0 Å². The van der Waals surface area contributed by atoms with Crippen molar-refractivity contribution >= 4 is 40.0 Å². The van der Waals surface area contributed by atoms with E-state index < -0.39 is 0 Å². The zero-order chi connectivity index (χ0) is 26.3. The van der Waals surface area contributed by atoms with E-state index in [1.807, 2.05) is 29.5 Å². The summed E-state index contributed by atoms with van der Waals surface area (Å²) in [4.78, 5) is 6.54. The molecule has 2 N–H and O–H groups in total. The van der Waals surface area contributed by atoms with Gasteiger partial charge in [-0.25, -0.2) is 6.57 Å². The molecule has 0 atom stereocenters. The second-order valence-electron chi connectivity index (χ2n) is 9.98. The third kappa shape index (κ3) is 7.40. The summed E-state index contributed by atoms with van der Waals surface area (Å²) in [6, 6.07) is 25.4. The largest absolute Gasteiger partial charge is 1.00 e. The summed E-state index contributed by atoms with van der Waals surface area (Å²) in [6.07, 6.45) is 3.70. The zero-order valence-electron chi connectivity index (χ0n) is 23.6. The fourth-order valence-electron chi connectivity index (χ4n) is 5.19. The first-order chi connectivity index (χ1) is 18.7. The number of nitrogens with two attached hydrogens (primary N) is 1. The first kappa shape index (κ1) is 32.8. The SMILES string of the molecule is NCC1(c2cc(-c3ccccc3)cs2)CCOCC1.[AlH3].[C-]#[N+]C1(c2cc(-c3ccccc3)cs2)CCOCC1.[H-].[Li+]. The summed E-state index contributed by atoms with van der Waals surface area (Å²) in [5, 5.41) is 4.41. The molecule has 4 heterocycles. The molecule has 0 radical (unpaired) electrons. The summed E-state index contributed by atoms with van der Waals surface area (Å²) >= 11 is 3.54. The minimum Gasteiger partial charge on any atom is -1.00 e. The average Bonchev–Trinajstić information content (AvgIpc) is 3.71. The van der Waals surface area contributed by atoms with Crippen LogP contribution in [0.15, 0.2) is 83.6 Å². The summed E-state index contributed by atoms with van der Waals surface area (Å²) in [6.45, 7) is 11.3. The van der Waals surface area contributed by atoms with Gasteiger partial charge in [0.05, 0.1) is 30.9 Å². The van der Waals surface area contributed by atoms with Gasteiger partial charge in [-0.2, -0.15) is 0 Å². The molecule has 2 aromatic carbocycles. The van der Waals surface area contributed by atoms with Crippen molar-refractivity contribution < 1.29 is 29.8 Å². The Morgan fingerprint density at radius 2 is 1.18 bits per heavy atom. The molecule has 4 nitrogen and oxygen atoms in total. The van der Waals surface area contributed by atoms with Crippen molar-refractivity contribution in [2.75, 3.05) is 33.0 Å². The van der Waals surface area contributed by atoms with Crippen LogP contribution in [0.25, 0.3) is 27.1 Å². The maximum Gasteiger partial charge on any atom is 1.00 e. The van der Waals surface area contributed by atoms with Gasteiger partial charge in [-0.3, -0.25) is 0 Å². The topological polar surface area (TPSA) is 48.8 Å². The van der Waals surface area contributed by atoms with Crippen LogP contribution in [-0.4, -0.2) is 50.3 Å². The van der Waals surface area contributed by atoms with Gasteiger partial charge in [0.15, 0.2) is 17.4 Å². The normalized spacial score (nSPS) is 17.2. The van der Waals surface area contributed by atoms with Crippen LogP contribution in [0.4, 0.5) is 0 Å². The number of ether oxygens (including phenoxy) is 2. The van der Waals surface area contributed by atoms with E-state index in [9.17, 15) is 0 Å². The number of benzene rings is 2. The number of hydrogen-bond donors (Lipinski definition) is 1. The number of thiophene rings is 2. The second-order valence-corrected chi connectivity index (χ2v) is 11.8. The Labute approximate surface area is 270 Å². The van der Waals surface area contributed by atoms with Crippen molar-refractivity contribution in [1.29, 1.82) is 0 Å². The summed E-state index contributed by atoms with van der Waals surface area (Å²) < 4.78 is 10.9. The Morgan fingerprint density at radius 3 is 1.65 bits per heavy atom. The molecule has 204 valence electrons. The molecule has 0 unspecified atom stereocenters. The second kappa shape index (κ2) is 15.5. The van der Waals surface area contributed by atoms with E-state index in [0.717, 1.165) is 38.9 Å². The molecular formula is C32H38AlLiN2O2S2. The molecule has 0 spiro atoms. The Hall–Kier alpha value is -1.66. The van der Waals surface area contributed by atoms with E-state index in [1.54, 1.807) is 11.3 Å². The maximum absolute atomic E-state index is 7.57. The molecular weight excluding hydrogens is 542 g/mol. The number of hydrogen-bond acceptors (Lipinski definition) is 5. The predicted octanol–water partition coefficient (Wildman–Crippen LogP) is 3.69. The monoisotopic (exact) mass is 580 g/mol. The first-order valence-electron chi connectivity index (χ1n) is 13.2. The van der Waals surface area contributed by atoms with Gasteiger partial charge in [0, 0.05) is 30.1 Å². The Bertz CT molecular complexity index is 1350. The molecule has 8 heteroatoms. The van der Waals surface area contributed by atoms with Crippen LogP contribution in [-0.2, 0) is 20.4 Å². The Kier molecular flexibility index (Phi) is 12.8. The van der Waals surface area contributed by atoms with Gasteiger partial charge in [-0.05, 0) is 58.0 Å². The molecule has 0 bridgehead atoms. The van der Waals surface area contributed by atoms with Gasteiger partial charge >= 0.3 is 18.9 Å². The Morgan fingerprint density at radius 1 is 0.725 bits per heavy atom. The van der Waals surface area contributed by atoms with Crippen LogP contribution in [0.5, 0.6) is 0 Å². The van der Waals surface area contributed by atoms with E-state index in [1.165, 1.54) is 32.0 Å². The molecule has 0 saturated carbocycles. The summed E-state index contributed by atoms with van der Waals surface area (Å²) in [5.41, 5.74) is 10.9. The van der Waals surface area contributed by atoms with E-state index in [-0.39, 0.29) is 48.6 Å². The van der Waals surface area contributed by atoms with Gasteiger partial charge in [-0.15, -0.1) is 22.7 Å². The molecule has 0 aliphatic carbocycles. The molecule has 2 aliphatic rings. The van der Waals surface area contributed by atoms with E-state index in [0.29, 0.717) is 19.8 Å². The van der Waals surface area contributed by atoms with E-state index in [2.05, 4.69) is 70.2 Å². The quantitative estimate of drug-likeness (QED) is 0.290. The van der Waals surface area contributed by atoms with Crippen LogP contribution in [0.2, 0.25) is 0 Å².